The lowest BCUT2D eigenvalue weighted by Crippen LogP contribution is -2.30. The molecule has 6 nitrogen and oxygen atoms in total. The number of carbonyl (C=O) groups excluding carboxylic acids is 1. The third-order valence-electron chi connectivity index (χ3n) is 8.13. The zero-order valence-electron chi connectivity index (χ0n) is 20.8. The van der Waals surface area contributed by atoms with E-state index >= 15 is 0 Å². The van der Waals surface area contributed by atoms with Gasteiger partial charge in [-0.25, -0.2) is 0 Å². The molecule has 0 heterocycles. The fourth-order valence-electron chi connectivity index (χ4n) is 6.00. The Hall–Kier alpha value is -1.63. The largest absolute Gasteiger partial charge is 0.488 e. The average Bonchev–Trinajstić information content (AvgIpc) is 3.63. The zero-order chi connectivity index (χ0) is 24.1. The van der Waals surface area contributed by atoms with Crippen LogP contribution in [0.1, 0.15) is 75.8 Å². The summed E-state index contributed by atoms with van der Waals surface area (Å²) >= 11 is 0. The Labute approximate surface area is 204 Å². The van der Waals surface area contributed by atoms with E-state index in [4.69, 9.17) is 14.2 Å². The molecule has 1 unspecified atom stereocenters. The van der Waals surface area contributed by atoms with Crippen LogP contribution >= 0.6 is 0 Å². The van der Waals surface area contributed by atoms with Gasteiger partial charge < -0.3 is 24.4 Å². The van der Waals surface area contributed by atoms with Crippen LogP contribution in [0, 0.1) is 23.7 Å². The molecule has 3 aliphatic rings. The molecule has 6 atom stereocenters. The van der Waals surface area contributed by atoms with Gasteiger partial charge in [-0.1, -0.05) is 38.3 Å². The van der Waals surface area contributed by atoms with Crippen molar-refractivity contribution in [2.75, 3.05) is 13.7 Å². The number of aliphatic hydroxyl groups is 2. The highest BCUT2D eigenvalue weighted by atomic mass is 16.6. The van der Waals surface area contributed by atoms with E-state index in [1.165, 1.54) is 18.2 Å². The van der Waals surface area contributed by atoms with Gasteiger partial charge in [-0.15, -0.1) is 0 Å². The van der Waals surface area contributed by atoms with E-state index < -0.39 is 6.29 Å². The first-order valence-corrected chi connectivity index (χ1v) is 13.3. The minimum atomic E-state index is -0.946. The fourth-order valence-corrected chi connectivity index (χ4v) is 6.00. The van der Waals surface area contributed by atoms with E-state index in [0.717, 1.165) is 76.4 Å². The van der Waals surface area contributed by atoms with Crippen molar-refractivity contribution in [3.05, 3.63) is 29.3 Å². The number of methoxy groups -OCH3 is 1. The van der Waals surface area contributed by atoms with Gasteiger partial charge in [0.25, 0.3) is 0 Å². The summed E-state index contributed by atoms with van der Waals surface area (Å²) in [7, 11) is 1.46. The zero-order valence-corrected chi connectivity index (χ0v) is 20.8. The van der Waals surface area contributed by atoms with Gasteiger partial charge in [-0.3, -0.25) is 4.79 Å². The molecule has 0 radical (unpaired) electrons. The summed E-state index contributed by atoms with van der Waals surface area (Å²) in [5, 5.41) is 20.3. The molecule has 4 rings (SSSR count). The second-order valence-electron chi connectivity index (χ2n) is 10.6. The molecule has 6 heteroatoms. The van der Waals surface area contributed by atoms with Crippen molar-refractivity contribution in [2.24, 2.45) is 23.7 Å². The first-order chi connectivity index (χ1) is 16.5. The smallest absolute Gasteiger partial charge is 0.309 e. The van der Waals surface area contributed by atoms with Gasteiger partial charge in [-0.2, -0.15) is 0 Å². The van der Waals surface area contributed by atoms with Crippen LogP contribution in [0.4, 0.5) is 0 Å². The molecule has 2 N–H and O–H groups in total. The number of hydrogen-bond acceptors (Lipinski definition) is 6. The number of benzene rings is 1. The van der Waals surface area contributed by atoms with Gasteiger partial charge >= 0.3 is 5.97 Å². The molecule has 0 aromatic heterocycles. The van der Waals surface area contributed by atoms with E-state index in [1.807, 2.05) is 12.1 Å². The minimum Gasteiger partial charge on any atom is -0.488 e. The molecule has 1 aromatic carbocycles. The summed E-state index contributed by atoms with van der Waals surface area (Å²) in [5.41, 5.74) is 2.49. The van der Waals surface area contributed by atoms with Gasteiger partial charge in [0.2, 0.25) is 0 Å². The second-order valence-corrected chi connectivity index (χ2v) is 10.6. The number of esters is 1. The molecule has 34 heavy (non-hydrogen) atoms. The normalized spacial score (nSPS) is 27.5. The van der Waals surface area contributed by atoms with Crippen molar-refractivity contribution >= 4 is 5.97 Å². The van der Waals surface area contributed by atoms with Crippen molar-refractivity contribution in [1.29, 1.82) is 0 Å². The lowest BCUT2D eigenvalue weighted by atomic mass is 9.73. The Bertz CT molecular complexity index is 806. The van der Waals surface area contributed by atoms with Gasteiger partial charge in [0.1, 0.15) is 18.5 Å². The van der Waals surface area contributed by atoms with E-state index in [1.54, 1.807) is 0 Å². The molecule has 3 aliphatic carbocycles. The van der Waals surface area contributed by atoms with Gasteiger partial charge in [0.15, 0.2) is 6.29 Å². The molecule has 1 aromatic rings. The summed E-state index contributed by atoms with van der Waals surface area (Å²) in [6.07, 6.45) is 9.30. The standard InChI is InChI=1S/C28H42O6/c1-3-4-5-8-21(29)12-13-22-23-14-19-7-6-9-25(33-17-27(30)32-2)24(19)15-20(23)16-26(22)34-28(31)18-10-11-18/h6-7,9,18,20-23,26-27,29-30H,3-5,8,10-17H2,1-2H3/t20-,21+,22+,23-,26+,27?/m0/s1. The predicted octanol–water partition coefficient (Wildman–Crippen LogP) is 4.42. The lowest BCUT2D eigenvalue weighted by molar-refractivity contribution is -0.153. The van der Waals surface area contributed by atoms with Crippen LogP contribution < -0.4 is 4.74 Å². The minimum absolute atomic E-state index is 0.0211. The molecule has 0 saturated heterocycles. The summed E-state index contributed by atoms with van der Waals surface area (Å²) < 4.78 is 16.9. The Balaban J connectivity index is 1.45. The Morgan fingerprint density at radius 2 is 1.97 bits per heavy atom. The summed E-state index contributed by atoms with van der Waals surface area (Å²) in [6.45, 7) is 2.28. The second kappa shape index (κ2) is 11.9. The maximum Gasteiger partial charge on any atom is 0.309 e. The van der Waals surface area contributed by atoms with E-state index in [-0.39, 0.29) is 30.7 Å². The number of carbonyl (C=O) groups is 1. The fraction of sp³-hybridized carbons (Fsp3) is 0.750. The summed E-state index contributed by atoms with van der Waals surface area (Å²) in [4.78, 5) is 12.5. The highest BCUT2D eigenvalue weighted by molar-refractivity contribution is 5.75. The van der Waals surface area contributed by atoms with Gasteiger partial charge in [0, 0.05) is 7.11 Å². The van der Waals surface area contributed by atoms with Crippen LogP contribution in [0.2, 0.25) is 0 Å². The van der Waals surface area contributed by atoms with Crippen LogP contribution in [0.3, 0.4) is 0 Å². The first kappa shape index (κ1) is 25.5. The number of ether oxygens (including phenoxy) is 3. The summed E-state index contributed by atoms with van der Waals surface area (Å²) in [5.74, 6) is 2.07. The molecule has 0 amide bonds. The Kier molecular flexibility index (Phi) is 8.89. The molecule has 0 aliphatic heterocycles. The van der Waals surface area contributed by atoms with Gasteiger partial charge in [0.05, 0.1) is 12.0 Å². The van der Waals surface area contributed by atoms with Crippen molar-refractivity contribution in [1.82, 2.24) is 0 Å². The maximum atomic E-state index is 12.5. The van der Waals surface area contributed by atoms with Crippen LogP contribution in [-0.2, 0) is 27.1 Å². The number of aliphatic hydroxyl groups excluding tert-OH is 2. The van der Waals surface area contributed by atoms with Crippen LogP contribution in [-0.4, -0.2) is 48.4 Å². The highest BCUT2D eigenvalue weighted by Gasteiger charge is 2.48. The van der Waals surface area contributed by atoms with E-state index in [2.05, 4.69) is 13.0 Å². The molecular weight excluding hydrogens is 432 g/mol. The average molecular weight is 475 g/mol. The van der Waals surface area contributed by atoms with Crippen molar-refractivity contribution < 1.29 is 29.2 Å². The molecule has 0 bridgehead atoms. The van der Waals surface area contributed by atoms with E-state index in [0.29, 0.717) is 17.8 Å². The Morgan fingerprint density at radius 1 is 1.15 bits per heavy atom. The number of rotatable bonds is 13. The highest BCUT2D eigenvalue weighted by Crippen LogP contribution is 2.50. The number of unbranched alkanes of at least 4 members (excludes halogenated alkanes) is 2. The van der Waals surface area contributed by atoms with Crippen molar-refractivity contribution in [2.45, 2.75) is 96.1 Å². The van der Waals surface area contributed by atoms with Crippen LogP contribution in [0.15, 0.2) is 18.2 Å². The predicted molar refractivity (Wildman–Crippen MR) is 129 cm³/mol. The lowest BCUT2D eigenvalue weighted by Gasteiger charge is -2.33. The third kappa shape index (κ3) is 6.32. The maximum absolute atomic E-state index is 12.5. The van der Waals surface area contributed by atoms with Gasteiger partial charge in [-0.05, 0) is 86.3 Å². The van der Waals surface area contributed by atoms with Crippen LogP contribution in [0.25, 0.3) is 0 Å². The van der Waals surface area contributed by atoms with E-state index in [9.17, 15) is 15.0 Å². The first-order valence-electron chi connectivity index (χ1n) is 13.3. The molecule has 2 fully saturated rings. The Morgan fingerprint density at radius 3 is 2.71 bits per heavy atom. The quantitative estimate of drug-likeness (QED) is 0.250. The van der Waals surface area contributed by atoms with Crippen molar-refractivity contribution in [3.8, 4) is 5.75 Å². The number of fused-ring (bicyclic) bond motifs is 2. The summed E-state index contributed by atoms with van der Waals surface area (Å²) in [6, 6.07) is 6.15. The molecule has 2 saturated carbocycles. The number of hydrogen-bond donors (Lipinski definition) is 2. The monoisotopic (exact) mass is 474 g/mol. The van der Waals surface area contributed by atoms with Crippen molar-refractivity contribution in [3.63, 3.8) is 0 Å². The topological polar surface area (TPSA) is 85.2 Å². The van der Waals surface area contributed by atoms with Crippen LogP contribution in [0.5, 0.6) is 5.75 Å². The molecule has 0 spiro atoms. The molecule has 190 valence electrons. The molecular formula is C28H42O6. The SMILES string of the molecule is CCCCC[C@@H](O)CC[C@@H]1[C@H]2Cc3cccc(OCC(O)OC)c3C[C@H]2C[C@H]1OC(=O)C1CC1. The third-order valence-corrected chi connectivity index (χ3v) is 8.13.